The van der Waals surface area contributed by atoms with Crippen LogP contribution < -0.4 is 9.47 Å². The second kappa shape index (κ2) is 7.04. The van der Waals surface area contributed by atoms with E-state index in [1.807, 2.05) is 68.6 Å². The molecule has 0 atom stereocenters. The number of nitrogens with zero attached hydrogens (tertiary/aromatic N) is 2. The fourth-order valence-corrected chi connectivity index (χ4v) is 3.31. The number of rotatable bonds is 5. The summed E-state index contributed by atoms with van der Waals surface area (Å²) in [5.74, 6) is 0.654. The number of aromatic nitrogens is 2. The normalized spacial score (nSPS) is 11.7. The lowest BCUT2D eigenvalue weighted by Gasteiger charge is -2.17. The van der Waals surface area contributed by atoms with Gasteiger partial charge in [0.2, 0.25) is 0 Å². The highest BCUT2D eigenvalue weighted by molar-refractivity contribution is 7.13. The standard InChI is InChI=1S/C21H20N2O3S/c1-21(2,3)26-20-23-17-16(24-13-14-7-5-4-6-8-14)10-9-15(18(17)25-20)19-22-11-12-27-19/h4-12H,13H2,1-3H3. The van der Waals surface area contributed by atoms with Crippen LogP contribution in [0.1, 0.15) is 26.3 Å². The van der Waals surface area contributed by atoms with E-state index in [-0.39, 0.29) is 6.08 Å². The highest BCUT2D eigenvalue weighted by Crippen LogP contribution is 2.38. The third kappa shape index (κ3) is 3.95. The zero-order valence-corrected chi connectivity index (χ0v) is 16.2. The molecule has 0 aliphatic heterocycles. The lowest BCUT2D eigenvalue weighted by molar-refractivity contribution is 0.0901. The Morgan fingerprint density at radius 1 is 1.07 bits per heavy atom. The highest BCUT2D eigenvalue weighted by atomic mass is 32.1. The first kappa shape index (κ1) is 17.5. The first-order valence-electron chi connectivity index (χ1n) is 8.69. The summed E-state index contributed by atoms with van der Waals surface area (Å²) in [4.78, 5) is 8.94. The van der Waals surface area contributed by atoms with Crippen molar-refractivity contribution in [2.75, 3.05) is 0 Å². The predicted molar refractivity (Wildman–Crippen MR) is 106 cm³/mol. The molecule has 0 fully saturated rings. The van der Waals surface area contributed by atoms with Gasteiger partial charge < -0.3 is 13.9 Å². The number of hydrogen-bond donors (Lipinski definition) is 0. The van der Waals surface area contributed by atoms with Crippen molar-refractivity contribution in [3.05, 3.63) is 59.6 Å². The summed E-state index contributed by atoms with van der Waals surface area (Å²) in [6.07, 6.45) is 2.00. The highest BCUT2D eigenvalue weighted by Gasteiger charge is 2.21. The van der Waals surface area contributed by atoms with Crippen molar-refractivity contribution >= 4 is 22.4 Å². The molecule has 0 bridgehead atoms. The van der Waals surface area contributed by atoms with E-state index < -0.39 is 5.60 Å². The molecular weight excluding hydrogens is 360 g/mol. The van der Waals surface area contributed by atoms with E-state index in [1.54, 1.807) is 17.5 Å². The van der Waals surface area contributed by atoms with Crippen LogP contribution in [0.15, 0.2) is 58.5 Å². The molecule has 0 spiro atoms. The number of fused-ring (bicyclic) bond motifs is 1. The molecule has 5 nitrogen and oxygen atoms in total. The predicted octanol–water partition coefficient (Wildman–Crippen LogP) is 5.71. The molecule has 0 amide bonds. The zero-order valence-electron chi connectivity index (χ0n) is 15.4. The molecule has 6 heteroatoms. The fraction of sp³-hybridized carbons (Fsp3) is 0.238. The Morgan fingerprint density at radius 3 is 2.59 bits per heavy atom. The van der Waals surface area contributed by atoms with E-state index >= 15 is 0 Å². The van der Waals surface area contributed by atoms with Crippen molar-refractivity contribution in [2.45, 2.75) is 33.0 Å². The van der Waals surface area contributed by atoms with Crippen LogP contribution >= 0.6 is 11.3 Å². The molecule has 4 aromatic rings. The Morgan fingerprint density at radius 2 is 1.89 bits per heavy atom. The van der Waals surface area contributed by atoms with E-state index in [4.69, 9.17) is 13.9 Å². The molecule has 2 aromatic carbocycles. The Hall–Kier alpha value is -2.86. The Bertz CT molecular complexity index is 1030. The van der Waals surface area contributed by atoms with E-state index in [2.05, 4.69) is 9.97 Å². The molecule has 0 saturated carbocycles. The van der Waals surface area contributed by atoms with E-state index in [0.29, 0.717) is 23.5 Å². The molecule has 0 aliphatic carbocycles. The van der Waals surface area contributed by atoms with Gasteiger partial charge in [-0.2, -0.15) is 4.98 Å². The average molecular weight is 380 g/mol. The van der Waals surface area contributed by atoms with Crippen LogP contribution in [0, 0.1) is 0 Å². The van der Waals surface area contributed by atoms with Gasteiger partial charge in [-0.1, -0.05) is 30.3 Å². The van der Waals surface area contributed by atoms with E-state index in [9.17, 15) is 0 Å². The van der Waals surface area contributed by atoms with Crippen LogP contribution in [0.3, 0.4) is 0 Å². The minimum absolute atomic E-state index is 0.228. The molecule has 0 N–H and O–H groups in total. The summed E-state index contributed by atoms with van der Waals surface area (Å²) in [5, 5.41) is 2.80. The Labute approximate surface area is 161 Å². The van der Waals surface area contributed by atoms with Gasteiger partial charge in [-0.25, -0.2) is 4.98 Å². The van der Waals surface area contributed by atoms with Crippen molar-refractivity contribution in [2.24, 2.45) is 0 Å². The SMILES string of the molecule is CC(C)(C)Oc1nc2c(OCc3ccccc3)ccc(-c3nccs3)c2o1. The van der Waals surface area contributed by atoms with Gasteiger partial charge in [0, 0.05) is 11.6 Å². The van der Waals surface area contributed by atoms with Crippen LogP contribution in [-0.4, -0.2) is 15.6 Å². The van der Waals surface area contributed by atoms with E-state index in [1.165, 1.54) is 0 Å². The quantitative estimate of drug-likeness (QED) is 0.444. The fourth-order valence-electron chi connectivity index (χ4n) is 2.65. The molecule has 138 valence electrons. The van der Waals surface area contributed by atoms with Crippen molar-refractivity contribution < 1.29 is 13.9 Å². The van der Waals surface area contributed by atoms with Crippen LogP contribution in [0.4, 0.5) is 0 Å². The Balaban J connectivity index is 1.74. The summed E-state index contributed by atoms with van der Waals surface area (Å²) in [6.45, 7) is 6.32. The third-order valence-corrected chi connectivity index (χ3v) is 4.59. The Kier molecular flexibility index (Phi) is 4.58. The van der Waals surface area contributed by atoms with Crippen molar-refractivity contribution in [3.63, 3.8) is 0 Å². The van der Waals surface area contributed by atoms with Crippen LogP contribution in [-0.2, 0) is 6.61 Å². The number of hydrogen-bond acceptors (Lipinski definition) is 6. The monoisotopic (exact) mass is 380 g/mol. The van der Waals surface area contributed by atoms with Crippen molar-refractivity contribution in [3.8, 4) is 22.4 Å². The number of thiazole rings is 1. The van der Waals surface area contributed by atoms with Gasteiger partial charge in [-0.3, -0.25) is 0 Å². The lowest BCUT2D eigenvalue weighted by atomic mass is 10.2. The second-order valence-corrected chi connectivity index (χ2v) is 7.99. The minimum atomic E-state index is -0.409. The minimum Gasteiger partial charge on any atom is -0.486 e. The number of benzene rings is 2. The van der Waals surface area contributed by atoms with Gasteiger partial charge in [0.15, 0.2) is 11.1 Å². The van der Waals surface area contributed by atoms with Gasteiger partial charge in [0.05, 0.1) is 5.56 Å². The molecule has 0 unspecified atom stereocenters. The van der Waals surface area contributed by atoms with Crippen molar-refractivity contribution in [1.29, 1.82) is 0 Å². The van der Waals surface area contributed by atoms with Crippen LogP contribution in [0.5, 0.6) is 11.8 Å². The molecular formula is C21H20N2O3S. The van der Waals surface area contributed by atoms with Crippen LogP contribution in [0.2, 0.25) is 0 Å². The maximum absolute atomic E-state index is 6.03. The topological polar surface area (TPSA) is 57.4 Å². The maximum atomic E-state index is 6.03. The van der Waals surface area contributed by atoms with Gasteiger partial charge in [0.1, 0.15) is 23.0 Å². The average Bonchev–Trinajstić information content (AvgIpc) is 3.28. The number of ether oxygens (including phenoxy) is 2. The summed E-state index contributed by atoms with van der Waals surface area (Å²) in [6, 6.07) is 13.9. The maximum Gasteiger partial charge on any atom is 0.395 e. The summed E-state index contributed by atoms with van der Waals surface area (Å²) in [5.41, 5.74) is 2.81. The largest absolute Gasteiger partial charge is 0.486 e. The van der Waals surface area contributed by atoms with Gasteiger partial charge in [0.25, 0.3) is 0 Å². The third-order valence-electron chi connectivity index (χ3n) is 3.78. The molecule has 0 aliphatic rings. The first-order chi connectivity index (χ1) is 13.0. The second-order valence-electron chi connectivity index (χ2n) is 7.09. The zero-order chi connectivity index (χ0) is 18.9. The molecule has 4 rings (SSSR count). The summed E-state index contributed by atoms with van der Waals surface area (Å²) in [7, 11) is 0. The number of oxazole rings is 1. The van der Waals surface area contributed by atoms with Gasteiger partial charge in [-0.15, -0.1) is 11.3 Å². The summed E-state index contributed by atoms with van der Waals surface area (Å²) >= 11 is 1.55. The molecule has 27 heavy (non-hydrogen) atoms. The molecule has 0 saturated heterocycles. The van der Waals surface area contributed by atoms with Gasteiger partial charge >= 0.3 is 6.08 Å². The van der Waals surface area contributed by atoms with Gasteiger partial charge in [-0.05, 0) is 38.5 Å². The molecule has 2 aromatic heterocycles. The van der Waals surface area contributed by atoms with Crippen LogP contribution in [0.25, 0.3) is 21.7 Å². The summed E-state index contributed by atoms with van der Waals surface area (Å²) < 4.78 is 17.8. The van der Waals surface area contributed by atoms with E-state index in [0.717, 1.165) is 16.1 Å². The molecule has 0 radical (unpaired) electrons. The molecule has 2 heterocycles. The first-order valence-corrected chi connectivity index (χ1v) is 9.57. The lowest BCUT2D eigenvalue weighted by Crippen LogP contribution is -2.23. The smallest absolute Gasteiger partial charge is 0.395 e. The van der Waals surface area contributed by atoms with Crippen molar-refractivity contribution in [1.82, 2.24) is 9.97 Å².